The molecule has 0 spiro atoms. The number of ketones is 1. The lowest BCUT2D eigenvalue weighted by atomic mass is 9.82. The molecule has 2 nitrogen and oxygen atoms in total. The van der Waals surface area contributed by atoms with Crippen molar-refractivity contribution in [3.8, 4) is 0 Å². The van der Waals surface area contributed by atoms with Gasteiger partial charge in [0.25, 0.3) is 0 Å². The third-order valence-electron chi connectivity index (χ3n) is 4.66. The van der Waals surface area contributed by atoms with Crippen molar-refractivity contribution < 1.29 is 9.53 Å². The number of carbonyl (C=O) groups is 1. The number of hydrogen-bond acceptors (Lipinski definition) is 2. The average Bonchev–Trinajstić information content (AvgIpc) is 2.45. The quantitative estimate of drug-likeness (QED) is 0.721. The van der Waals surface area contributed by atoms with Gasteiger partial charge in [-0.2, -0.15) is 0 Å². The number of allylic oxidation sites excluding steroid dienone is 2. The number of Topliss-reactive ketones (excluding diaryl/α,β-unsaturated/α-hetero) is 1. The minimum atomic E-state index is -0.331. The molecule has 1 fully saturated rings. The molecule has 1 aliphatic carbocycles. The van der Waals surface area contributed by atoms with Crippen molar-refractivity contribution >= 4 is 5.78 Å². The standard InChI is InChI=1S/C18H30O2/c1-18(2,3)17(19)16-15(10-7-13-20-16)12-11-14-8-5-4-6-9-14/h14H,4-13H2,1-3H3. The van der Waals surface area contributed by atoms with E-state index in [9.17, 15) is 4.79 Å². The van der Waals surface area contributed by atoms with Gasteiger partial charge in [-0.25, -0.2) is 0 Å². The summed E-state index contributed by atoms with van der Waals surface area (Å²) in [4.78, 5) is 12.5. The van der Waals surface area contributed by atoms with Gasteiger partial charge in [-0.1, -0.05) is 52.9 Å². The first-order chi connectivity index (χ1) is 9.48. The lowest BCUT2D eigenvalue weighted by Gasteiger charge is -2.27. The first-order valence-corrected chi connectivity index (χ1v) is 8.38. The Morgan fingerprint density at radius 1 is 1.15 bits per heavy atom. The summed E-state index contributed by atoms with van der Waals surface area (Å²) in [6.45, 7) is 6.67. The van der Waals surface area contributed by atoms with Crippen molar-refractivity contribution in [2.45, 2.75) is 78.6 Å². The summed E-state index contributed by atoms with van der Waals surface area (Å²) in [5, 5.41) is 0. The lowest BCUT2D eigenvalue weighted by molar-refractivity contribution is -0.126. The summed E-state index contributed by atoms with van der Waals surface area (Å²) >= 11 is 0. The number of carbonyl (C=O) groups excluding carboxylic acids is 1. The molecule has 0 atom stereocenters. The van der Waals surface area contributed by atoms with Crippen LogP contribution in [0.25, 0.3) is 0 Å². The van der Waals surface area contributed by atoms with Crippen LogP contribution in [0, 0.1) is 11.3 Å². The Kier molecular flexibility index (Phi) is 5.29. The maximum absolute atomic E-state index is 12.5. The third kappa shape index (κ3) is 4.10. The lowest BCUT2D eigenvalue weighted by Crippen LogP contribution is -2.26. The highest BCUT2D eigenvalue weighted by molar-refractivity contribution is 5.98. The van der Waals surface area contributed by atoms with Crippen LogP contribution in [0.2, 0.25) is 0 Å². The van der Waals surface area contributed by atoms with Crippen molar-refractivity contribution in [1.29, 1.82) is 0 Å². The van der Waals surface area contributed by atoms with Gasteiger partial charge in [-0.15, -0.1) is 0 Å². The summed E-state index contributed by atoms with van der Waals surface area (Å²) in [5.41, 5.74) is 0.963. The van der Waals surface area contributed by atoms with E-state index in [0.717, 1.165) is 25.2 Å². The molecule has 2 rings (SSSR count). The fourth-order valence-corrected chi connectivity index (χ4v) is 3.33. The fraction of sp³-hybridized carbons (Fsp3) is 0.833. The molecule has 0 bridgehead atoms. The second kappa shape index (κ2) is 6.78. The van der Waals surface area contributed by atoms with Gasteiger partial charge in [0, 0.05) is 5.41 Å². The molecule has 0 amide bonds. The fourth-order valence-electron chi connectivity index (χ4n) is 3.33. The molecule has 2 aliphatic rings. The molecule has 1 aliphatic heterocycles. The Balaban J connectivity index is 2.00. The maximum Gasteiger partial charge on any atom is 0.202 e. The molecule has 1 saturated carbocycles. The second-order valence-corrected chi connectivity index (χ2v) is 7.51. The SMILES string of the molecule is CC(C)(C)C(=O)C1=C(CCC2CCCCC2)CCCO1. The number of ether oxygens (including phenoxy) is 1. The van der Waals surface area contributed by atoms with Crippen LogP contribution in [0.4, 0.5) is 0 Å². The van der Waals surface area contributed by atoms with Gasteiger partial charge < -0.3 is 4.74 Å². The molecule has 0 unspecified atom stereocenters. The van der Waals surface area contributed by atoms with E-state index in [1.165, 1.54) is 44.1 Å². The van der Waals surface area contributed by atoms with Crippen LogP contribution in [0.5, 0.6) is 0 Å². The monoisotopic (exact) mass is 278 g/mol. The summed E-state index contributed by atoms with van der Waals surface area (Å²) in [7, 11) is 0. The predicted molar refractivity (Wildman–Crippen MR) is 82.5 cm³/mol. The average molecular weight is 278 g/mol. The molecular weight excluding hydrogens is 248 g/mol. The first kappa shape index (κ1) is 15.6. The number of hydrogen-bond donors (Lipinski definition) is 0. The maximum atomic E-state index is 12.5. The Morgan fingerprint density at radius 3 is 2.50 bits per heavy atom. The highest BCUT2D eigenvalue weighted by Gasteiger charge is 2.30. The van der Waals surface area contributed by atoms with Gasteiger partial charge in [-0.05, 0) is 37.2 Å². The summed E-state index contributed by atoms with van der Waals surface area (Å²) in [6.07, 6.45) is 11.4. The Hall–Kier alpha value is -0.790. The zero-order chi connectivity index (χ0) is 14.6. The van der Waals surface area contributed by atoms with Crippen molar-refractivity contribution in [3.63, 3.8) is 0 Å². The highest BCUT2D eigenvalue weighted by Crippen LogP contribution is 2.33. The summed E-state index contributed by atoms with van der Waals surface area (Å²) in [6, 6.07) is 0. The Labute approximate surface area is 124 Å². The van der Waals surface area contributed by atoms with Gasteiger partial charge in [0.2, 0.25) is 5.78 Å². The zero-order valence-electron chi connectivity index (χ0n) is 13.5. The van der Waals surface area contributed by atoms with Crippen LogP contribution in [-0.2, 0) is 9.53 Å². The van der Waals surface area contributed by atoms with E-state index in [2.05, 4.69) is 0 Å². The van der Waals surface area contributed by atoms with E-state index in [-0.39, 0.29) is 11.2 Å². The third-order valence-corrected chi connectivity index (χ3v) is 4.66. The van der Waals surface area contributed by atoms with E-state index in [0.29, 0.717) is 12.4 Å². The summed E-state index contributed by atoms with van der Waals surface area (Å²) < 4.78 is 5.75. The van der Waals surface area contributed by atoms with Crippen molar-refractivity contribution in [2.75, 3.05) is 6.61 Å². The molecule has 114 valence electrons. The second-order valence-electron chi connectivity index (χ2n) is 7.51. The van der Waals surface area contributed by atoms with Gasteiger partial charge in [0.05, 0.1) is 6.61 Å². The highest BCUT2D eigenvalue weighted by atomic mass is 16.5. The molecule has 0 N–H and O–H groups in total. The van der Waals surface area contributed by atoms with Crippen LogP contribution in [0.3, 0.4) is 0 Å². The smallest absolute Gasteiger partial charge is 0.202 e. The Bertz CT molecular complexity index is 367. The van der Waals surface area contributed by atoms with Crippen LogP contribution < -0.4 is 0 Å². The van der Waals surface area contributed by atoms with Crippen LogP contribution in [0.15, 0.2) is 11.3 Å². The molecular formula is C18H30O2. The molecule has 0 aromatic rings. The van der Waals surface area contributed by atoms with Crippen LogP contribution in [0.1, 0.15) is 78.6 Å². The summed E-state index contributed by atoms with van der Waals surface area (Å²) in [5.74, 6) is 1.78. The minimum absolute atomic E-state index is 0.191. The van der Waals surface area contributed by atoms with Crippen molar-refractivity contribution in [2.24, 2.45) is 11.3 Å². The molecule has 2 heteroatoms. The molecule has 20 heavy (non-hydrogen) atoms. The van der Waals surface area contributed by atoms with E-state index in [1.807, 2.05) is 20.8 Å². The molecule has 0 radical (unpaired) electrons. The van der Waals surface area contributed by atoms with Crippen LogP contribution >= 0.6 is 0 Å². The largest absolute Gasteiger partial charge is 0.490 e. The molecule has 0 aromatic carbocycles. The molecule has 0 saturated heterocycles. The predicted octanol–water partition coefficient (Wildman–Crippen LogP) is 5.03. The van der Waals surface area contributed by atoms with Gasteiger partial charge in [0.15, 0.2) is 5.76 Å². The molecule has 0 aromatic heterocycles. The topological polar surface area (TPSA) is 26.3 Å². The normalized spacial score (nSPS) is 21.8. The van der Waals surface area contributed by atoms with Gasteiger partial charge in [-0.3, -0.25) is 4.79 Å². The zero-order valence-corrected chi connectivity index (χ0v) is 13.5. The Morgan fingerprint density at radius 2 is 1.85 bits per heavy atom. The van der Waals surface area contributed by atoms with E-state index in [4.69, 9.17) is 4.74 Å². The van der Waals surface area contributed by atoms with Gasteiger partial charge >= 0.3 is 0 Å². The van der Waals surface area contributed by atoms with Crippen LogP contribution in [-0.4, -0.2) is 12.4 Å². The van der Waals surface area contributed by atoms with Crippen molar-refractivity contribution in [1.82, 2.24) is 0 Å². The van der Waals surface area contributed by atoms with E-state index >= 15 is 0 Å². The molecule has 1 heterocycles. The minimum Gasteiger partial charge on any atom is -0.490 e. The van der Waals surface area contributed by atoms with Gasteiger partial charge in [0.1, 0.15) is 0 Å². The van der Waals surface area contributed by atoms with E-state index < -0.39 is 0 Å². The number of rotatable bonds is 4. The first-order valence-electron chi connectivity index (χ1n) is 8.38. The van der Waals surface area contributed by atoms with E-state index in [1.54, 1.807) is 0 Å². The van der Waals surface area contributed by atoms with Crippen molar-refractivity contribution in [3.05, 3.63) is 11.3 Å².